The number of allylic oxidation sites excluding steroid dienone is 2. The van der Waals surface area contributed by atoms with Crippen LogP contribution in [0.5, 0.6) is 0 Å². The third-order valence-corrected chi connectivity index (χ3v) is 4.46. The number of halogens is 5. The molecular weight excluding hydrogens is 459 g/mol. The molecule has 0 aliphatic rings. The van der Waals surface area contributed by atoms with Gasteiger partial charge in [0.05, 0.1) is 5.56 Å². The summed E-state index contributed by atoms with van der Waals surface area (Å²) in [5, 5.41) is 17.6. The maximum absolute atomic E-state index is 14.1. The Bertz CT molecular complexity index is 1200. The van der Waals surface area contributed by atoms with E-state index in [0.717, 1.165) is 0 Å². The predicted octanol–water partition coefficient (Wildman–Crippen LogP) is 4.87. The Morgan fingerprint density at radius 3 is 2.24 bits per heavy atom. The topological polar surface area (TPSA) is 73.0 Å². The summed E-state index contributed by atoms with van der Waals surface area (Å²) in [5.41, 5.74) is 0.0326. The van der Waals surface area contributed by atoms with Gasteiger partial charge in [-0.25, -0.2) is 22.0 Å². The smallest absolute Gasteiger partial charge is 0.222 e. The van der Waals surface area contributed by atoms with Crippen molar-refractivity contribution < 1.29 is 26.9 Å². The largest absolute Gasteiger partial charge is 0.380 e. The molecule has 1 aromatic heterocycles. The van der Waals surface area contributed by atoms with Crippen molar-refractivity contribution in [2.24, 2.45) is 12.5 Å². The van der Waals surface area contributed by atoms with Crippen LogP contribution in [-0.2, 0) is 13.6 Å². The van der Waals surface area contributed by atoms with E-state index in [1.807, 2.05) is 20.8 Å². The van der Waals surface area contributed by atoms with E-state index in [2.05, 4.69) is 22.3 Å². The van der Waals surface area contributed by atoms with Gasteiger partial charge in [0.15, 0.2) is 23.3 Å². The number of aromatic nitrogens is 2. The highest BCUT2D eigenvalue weighted by Crippen LogP contribution is 2.25. The molecule has 0 unspecified atom stereocenters. The zero-order valence-electron chi connectivity index (χ0n) is 19.2. The van der Waals surface area contributed by atoms with Gasteiger partial charge in [0.1, 0.15) is 5.69 Å². The molecule has 2 aromatic rings. The Labute approximate surface area is 193 Å². The minimum Gasteiger partial charge on any atom is -0.380 e. The van der Waals surface area contributed by atoms with E-state index in [-0.39, 0.29) is 11.1 Å². The van der Waals surface area contributed by atoms with Gasteiger partial charge in [-0.1, -0.05) is 11.8 Å². The highest BCUT2D eigenvalue weighted by atomic mass is 19.2. The molecule has 6 nitrogen and oxygen atoms in total. The van der Waals surface area contributed by atoms with Gasteiger partial charge >= 0.3 is 0 Å². The second kappa shape index (κ2) is 10.5. The Morgan fingerprint density at radius 1 is 1.15 bits per heavy atom. The average molecular weight is 482 g/mol. The number of hydrogen-bond donors (Lipinski definition) is 1. The molecule has 11 heteroatoms. The minimum atomic E-state index is -2.26. The zero-order valence-corrected chi connectivity index (χ0v) is 19.2. The number of hydrogen-bond acceptors (Lipinski definition) is 4. The summed E-state index contributed by atoms with van der Waals surface area (Å²) in [6.07, 6.45) is 4.10. The maximum Gasteiger partial charge on any atom is 0.222 e. The van der Waals surface area contributed by atoms with Crippen molar-refractivity contribution in [1.82, 2.24) is 15.1 Å². The molecule has 0 amide bonds. The Kier molecular flexibility index (Phi) is 8.21. The maximum atomic E-state index is 14.1. The molecular formula is C23H23F5N4O2. The number of rotatable bonds is 7. The Morgan fingerprint density at radius 2 is 1.71 bits per heavy atom. The van der Waals surface area contributed by atoms with Crippen LogP contribution in [-0.4, -0.2) is 21.2 Å². The molecule has 1 N–H and O–H groups in total. The lowest BCUT2D eigenvalue weighted by molar-refractivity contribution is -0.468. The highest BCUT2D eigenvalue weighted by Gasteiger charge is 2.25. The van der Waals surface area contributed by atoms with Crippen LogP contribution in [0.3, 0.4) is 0 Å². The van der Waals surface area contributed by atoms with E-state index in [9.17, 15) is 32.1 Å². The van der Waals surface area contributed by atoms with Gasteiger partial charge in [-0.15, -0.1) is 0 Å². The van der Waals surface area contributed by atoms with Crippen LogP contribution in [0.2, 0.25) is 0 Å². The molecule has 2 rings (SSSR count). The lowest BCUT2D eigenvalue weighted by Crippen LogP contribution is -2.18. The van der Waals surface area contributed by atoms with E-state index in [0.29, 0.717) is 16.8 Å². The monoisotopic (exact) mass is 482 g/mol. The van der Waals surface area contributed by atoms with Gasteiger partial charge in [-0.05, 0) is 39.8 Å². The van der Waals surface area contributed by atoms with Gasteiger partial charge < -0.3 is 5.32 Å². The van der Waals surface area contributed by atoms with E-state index in [1.165, 1.54) is 16.8 Å². The molecule has 0 bridgehead atoms. The van der Waals surface area contributed by atoms with Crippen LogP contribution in [0.4, 0.5) is 22.0 Å². The molecule has 0 radical (unpaired) electrons. The van der Waals surface area contributed by atoms with Crippen LogP contribution in [0.1, 0.15) is 44.5 Å². The zero-order chi connectivity index (χ0) is 25.8. The summed E-state index contributed by atoms with van der Waals surface area (Å²) >= 11 is 0. The fourth-order valence-corrected chi connectivity index (χ4v) is 2.80. The number of benzene rings is 1. The molecule has 34 heavy (non-hydrogen) atoms. The van der Waals surface area contributed by atoms with Crippen LogP contribution >= 0.6 is 0 Å². The molecule has 0 atom stereocenters. The van der Waals surface area contributed by atoms with Gasteiger partial charge in [0.2, 0.25) is 12.4 Å². The Hall–Kier alpha value is -3.68. The van der Waals surface area contributed by atoms with Crippen molar-refractivity contribution in [1.29, 1.82) is 0 Å². The average Bonchev–Trinajstić information content (AvgIpc) is 3.13. The SMILES string of the molecule is C/C(=C(\C=C/C[N+](=O)[O-])NCc1c(F)c(F)c(F)c(F)c1F)c1nn(C)cc1C#CC(C)(C)C. The first-order valence-corrected chi connectivity index (χ1v) is 10.0. The van der Waals surface area contributed by atoms with Crippen molar-refractivity contribution >= 4 is 5.57 Å². The van der Waals surface area contributed by atoms with Gasteiger partial charge in [0.25, 0.3) is 0 Å². The van der Waals surface area contributed by atoms with E-state index < -0.39 is 52.7 Å². The number of nitrogens with one attached hydrogen (secondary N) is 1. The lowest BCUT2D eigenvalue weighted by atomic mass is 9.97. The van der Waals surface area contributed by atoms with E-state index in [4.69, 9.17) is 0 Å². The Balaban J connectivity index is 2.56. The first kappa shape index (κ1) is 26.6. The van der Waals surface area contributed by atoms with Gasteiger partial charge in [-0.3, -0.25) is 14.8 Å². The summed E-state index contributed by atoms with van der Waals surface area (Å²) in [6, 6.07) is 0. The van der Waals surface area contributed by atoms with E-state index >= 15 is 0 Å². The number of nitro groups is 1. The second-order valence-corrected chi connectivity index (χ2v) is 8.42. The predicted molar refractivity (Wildman–Crippen MR) is 116 cm³/mol. The lowest BCUT2D eigenvalue weighted by Gasteiger charge is -2.13. The van der Waals surface area contributed by atoms with Crippen molar-refractivity contribution in [2.45, 2.75) is 34.2 Å². The third-order valence-electron chi connectivity index (χ3n) is 4.46. The molecule has 0 fully saturated rings. The van der Waals surface area contributed by atoms with Crippen LogP contribution in [0.25, 0.3) is 5.57 Å². The molecule has 1 aromatic carbocycles. The van der Waals surface area contributed by atoms with Crippen molar-refractivity contribution in [3.8, 4) is 11.8 Å². The quantitative estimate of drug-likeness (QED) is 0.116. The van der Waals surface area contributed by atoms with Crippen LogP contribution in [0.15, 0.2) is 24.0 Å². The fourth-order valence-electron chi connectivity index (χ4n) is 2.80. The highest BCUT2D eigenvalue weighted by molar-refractivity contribution is 5.70. The fraction of sp³-hybridized carbons (Fsp3) is 0.348. The first-order valence-electron chi connectivity index (χ1n) is 10.0. The molecule has 1 heterocycles. The second-order valence-electron chi connectivity index (χ2n) is 8.42. The minimum absolute atomic E-state index is 0.128. The van der Waals surface area contributed by atoms with Crippen molar-refractivity contribution in [3.05, 3.63) is 80.1 Å². The van der Waals surface area contributed by atoms with Crippen molar-refractivity contribution in [3.63, 3.8) is 0 Å². The third kappa shape index (κ3) is 6.43. The normalized spacial score (nSPS) is 12.4. The molecule has 0 saturated heterocycles. The summed E-state index contributed by atoms with van der Waals surface area (Å²) in [5.74, 6) is -4.25. The summed E-state index contributed by atoms with van der Waals surface area (Å²) in [4.78, 5) is 10.1. The summed E-state index contributed by atoms with van der Waals surface area (Å²) < 4.78 is 70.1. The molecule has 0 saturated carbocycles. The summed E-state index contributed by atoms with van der Waals surface area (Å²) in [6.45, 7) is 5.99. The molecule has 0 aliphatic carbocycles. The molecule has 0 aliphatic heterocycles. The number of nitrogens with zero attached hydrogens (tertiary/aromatic N) is 3. The van der Waals surface area contributed by atoms with Crippen molar-refractivity contribution in [2.75, 3.05) is 6.54 Å². The van der Waals surface area contributed by atoms with Gasteiger partial charge in [-0.2, -0.15) is 5.10 Å². The number of aryl methyl sites for hydroxylation is 1. The standard InChI is InChI=1S/C23H23F5N4O2/c1-13(22-14(12-31(5)30-22)8-9-23(2,3)4)16(7-6-10-32(33)34)29-11-15-17(24)19(26)21(28)20(27)18(15)25/h6-7,12,29H,10-11H2,1-5H3/b7-6-,16-13-. The van der Waals surface area contributed by atoms with Gasteiger partial charge in [0, 0.05) is 47.0 Å². The summed E-state index contributed by atoms with van der Waals surface area (Å²) in [7, 11) is 1.66. The molecule has 182 valence electrons. The van der Waals surface area contributed by atoms with Crippen LogP contribution < -0.4 is 5.32 Å². The first-order chi connectivity index (χ1) is 15.7. The van der Waals surface area contributed by atoms with Crippen LogP contribution in [0, 0.1) is 56.5 Å². The molecule has 0 spiro atoms. The van der Waals surface area contributed by atoms with E-state index in [1.54, 1.807) is 20.2 Å².